The van der Waals surface area contributed by atoms with Crippen LogP contribution in [0.1, 0.15) is 24.0 Å². The number of anilines is 1. The number of aryl methyl sites for hydroxylation is 1. The summed E-state index contributed by atoms with van der Waals surface area (Å²) in [6.45, 7) is 0. The van der Waals surface area contributed by atoms with Crippen LogP contribution in [0.5, 0.6) is 0 Å². The third-order valence-corrected chi connectivity index (χ3v) is 3.92. The van der Waals surface area contributed by atoms with Crippen LogP contribution in [0.3, 0.4) is 0 Å². The molecule has 7 heteroatoms. The molecule has 24 heavy (non-hydrogen) atoms. The number of rotatable bonds is 5. The van der Waals surface area contributed by atoms with E-state index in [1.54, 1.807) is 12.1 Å². The first kappa shape index (κ1) is 18.6. The van der Waals surface area contributed by atoms with Crippen LogP contribution in [0.4, 0.5) is 18.9 Å². The number of hydrogen-bond acceptors (Lipinski definition) is 1. The number of halogens is 5. The molecule has 0 fully saturated rings. The number of benzene rings is 2. The summed E-state index contributed by atoms with van der Waals surface area (Å²) in [5, 5.41) is 2.70. The molecule has 2 aromatic rings. The molecule has 2 nitrogen and oxygen atoms in total. The maximum absolute atomic E-state index is 12.8. The van der Waals surface area contributed by atoms with Gasteiger partial charge in [-0.05, 0) is 48.7 Å². The quantitative estimate of drug-likeness (QED) is 0.684. The highest BCUT2D eigenvalue weighted by atomic mass is 35.5. The Labute approximate surface area is 147 Å². The third-order valence-electron chi connectivity index (χ3n) is 3.34. The Bertz CT molecular complexity index is 715. The lowest BCUT2D eigenvalue weighted by atomic mass is 10.1. The molecule has 2 rings (SSSR count). The zero-order valence-corrected chi connectivity index (χ0v) is 14.0. The van der Waals surface area contributed by atoms with Crippen molar-refractivity contribution in [3.05, 3.63) is 63.6 Å². The molecule has 0 saturated heterocycles. The summed E-state index contributed by atoms with van der Waals surface area (Å²) < 4.78 is 38.3. The lowest BCUT2D eigenvalue weighted by Gasteiger charge is -2.11. The Morgan fingerprint density at radius 3 is 2.33 bits per heavy atom. The Morgan fingerprint density at radius 1 is 1.04 bits per heavy atom. The minimum absolute atomic E-state index is 0.0724. The van der Waals surface area contributed by atoms with Gasteiger partial charge >= 0.3 is 6.18 Å². The lowest BCUT2D eigenvalue weighted by molar-refractivity contribution is -0.137. The fraction of sp³-hybridized carbons (Fsp3) is 0.235. The summed E-state index contributed by atoms with van der Waals surface area (Å²) in [6, 6.07) is 10.6. The second kappa shape index (κ2) is 7.90. The average molecular weight is 376 g/mol. The molecule has 0 aliphatic carbocycles. The first-order valence-electron chi connectivity index (χ1n) is 7.17. The van der Waals surface area contributed by atoms with E-state index < -0.39 is 16.8 Å². The van der Waals surface area contributed by atoms with Gasteiger partial charge in [-0.2, -0.15) is 13.2 Å². The first-order valence-corrected chi connectivity index (χ1v) is 7.92. The topological polar surface area (TPSA) is 29.1 Å². The van der Waals surface area contributed by atoms with Crippen molar-refractivity contribution in [2.45, 2.75) is 25.4 Å². The number of hydrogen-bond donors (Lipinski definition) is 1. The Kier molecular flexibility index (Phi) is 6.13. The largest absolute Gasteiger partial charge is 0.417 e. The highest BCUT2D eigenvalue weighted by Crippen LogP contribution is 2.36. The number of carbonyl (C=O) groups excluding carboxylic acids is 1. The van der Waals surface area contributed by atoms with Crippen LogP contribution in [0.2, 0.25) is 10.0 Å². The van der Waals surface area contributed by atoms with E-state index in [2.05, 4.69) is 5.32 Å². The van der Waals surface area contributed by atoms with Crippen molar-refractivity contribution in [3.63, 3.8) is 0 Å². The molecule has 1 amide bonds. The number of nitrogens with one attached hydrogen (secondary N) is 1. The van der Waals surface area contributed by atoms with Gasteiger partial charge in [-0.1, -0.05) is 35.3 Å². The molecule has 0 aromatic heterocycles. The molecule has 0 aliphatic rings. The van der Waals surface area contributed by atoms with E-state index in [-0.39, 0.29) is 18.0 Å². The van der Waals surface area contributed by atoms with Gasteiger partial charge in [-0.15, -0.1) is 0 Å². The molecule has 0 bridgehead atoms. The highest BCUT2D eigenvalue weighted by molar-refractivity contribution is 6.31. The molecule has 2 aromatic carbocycles. The number of carbonyl (C=O) groups is 1. The second-order valence-electron chi connectivity index (χ2n) is 5.22. The van der Waals surface area contributed by atoms with E-state index >= 15 is 0 Å². The molecule has 128 valence electrons. The van der Waals surface area contributed by atoms with Gasteiger partial charge in [0.25, 0.3) is 0 Å². The van der Waals surface area contributed by atoms with Crippen LogP contribution < -0.4 is 5.32 Å². The van der Waals surface area contributed by atoms with Gasteiger partial charge in [-0.25, -0.2) is 0 Å². The van der Waals surface area contributed by atoms with Crippen molar-refractivity contribution in [2.24, 2.45) is 0 Å². The Morgan fingerprint density at radius 2 is 1.71 bits per heavy atom. The summed E-state index contributed by atoms with van der Waals surface area (Å²) in [6.07, 6.45) is -3.11. The minimum atomic E-state index is -4.56. The molecule has 0 spiro atoms. The molecule has 0 saturated carbocycles. The van der Waals surface area contributed by atoms with Gasteiger partial charge in [-0.3, -0.25) is 4.79 Å². The van der Waals surface area contributed by atoms with Gasteiger partial charge in [0, 0.05) is 17.1 Å². The van der Waals surface area contributed by atoms with E-state index in [9.17, 15) is 18.0 Å². The summed E-state index contributed by atoms with van der Waals surface area (Å²) in [4.78, 5) is 11.9. The lowest BCUT2D eigenvalue weighted by Crippen LogP contribution is -2.13. The van der Waals surface area contributed by atoms with Crippen molar-refractivity contribution in [3.8, 4) is 0 Å². The molecule has 0 atom stereocenters. The zero-order valence-electron chi connectivity index (χ0n) is 12.5. The predicted molar refractivity (Wildman–Crippen MR) is 89.5 cm³/mol. The van der Waals surface area contributed by atoms with Gasteiger partial charge in [0.1, 0.15) is 0 Å². The SMILES string of the molecule is O=C(CCCc1ccc(Cl)cc1)Nc1ccc(Cl)c(C(F)(F)F)c1. The normalized spacial score (nSPS) is 11.4. The van der Waals surface area contributed by atoms with Crippen LogP contribution in [0.25, 0.3) is 0 Å². The summed E-state index contributed by atoms with van der Waals surface area (Å²) in [5.41, 5.74) is 0.143. The summed E-state index contributed by atoms with van der Waals surface area (Å²) in [5.74, 6) is -0.348. The van der Waals surface area contributed by atoms with Gasteiger partial charge < -0.3 is 5.32 Å². The van der Waals surface area contributed by atoms with Gasteiger partial charge in [0.05, 0.1) is 10.6 Å². The second-order valence-corrected chi connectivity index (χ2v) is 6.06. The monoisotopic (exact) mass is 375 g/mol. The van der Waals surface area contributed by atoms with Gasteiger partial charge in [0.2, 0.25) is 5.91 Å². The van der Waals surface area contributed by atoms with E-state index in [0.717, 1.165) is 17.7 Å². The van der Waals surface area contributed by atoms with E-state index in [0.29, 0.717) is 17.9 Å². The van der Waals surface area contributed by atoms with E-state index in [4.69, 9.17) is 23.2 Å². The van der Waals surface area contributed by atoms with Crippen molar-refractivity contribution in [2.75, 3.05) is 5.32 Å². The fourth-order valence-corrected chi connectivity index (χ4v) is 2.50. The first-order chi connectivity index (χ1) is 11.3. The summed E-state index contributed by atoms with van der Waals surface area (Å²) >= 11 is 11.3. The van der Waals surface area contributed by atoms with Crippen molar-refractivity contribution in [1.29, 1.82) is 0 Å². The molecular weight excluding hydrogens is 362 g/mol. The van der Waals surface area contributed by atoms with Crippen molar-refractivity contribution >= 4 is 34.8 Å². The van der Waals surface area contributed by atoms with Crippen LogP contribution in [-0.4, -0.2) is 5.91 Å². The Balaban J connectivity index is 1.89. The molecule has 0 unspecified atom stereocenters. The van der Waals surface area contributed by atoms with Gasteiger partial charge in [0.15, 0.2) is 0 Å². The average Bonchev–Trinajstić information content (AvgIpc) is 2.50. The summed E-state index contributed by atoms with van der Waals surface area (Å²) in [7, 11) is 0. The van der Waals surface area contributed by atoms with E-state index in [1.165, 1.54) is 6.07 Å². The predicted octanol–water partition coefficient (Wildman–Crippen LogP) is 5.97. The highest BCUT2D eigenvalue weighted by Gasteiger charge is 2.33. The van der Waals surface area contributed by atoms with Crippen LogP contribution in [0.15, 0.2) is 42.5 Å². The molecule has 0 heterocycles. The fourth-order valence-electron chi connectivity index (χ4n) is 2.15. The van der Waals surface area contributed by atoms with E-state index in [1.807, 2.05) is 12.1 Å². The molecule has 1 N–H and O–H groups in total. The van der Waals surface area contributed by atoms with Crippen LogP contribution in [-0.2, 0) is 17.4 Å². The standard InChI is InChI=1S/C17H14Cl2F3NO/c18-12-6-4-11(5-7-12)2-1-3-16(24)23-13-8-9-15(19)14(10-13)17(20,21)22/h4-10H,1-3H2,(H,23,24). The number of alkyl halides is 3. The maximum Gasteiger partial charge on any atom is 0.417 e. The molecule has 0 aliphatic heterocycles. The number of amides is 1. The van der Waals surface area contributed by atoms with Crippen LogP contribution >= 0.6 is 23.2 Å². The Hall–Kier alpha value is -1.72. The maximum atomic E-state index is 12.8. The molecule has 0 radical (unpaired) electrons. The zero-order chi connectivity index (χ0) is 17.7. The van der Waals surface area contributed by atoms with Crippen molar-refractivity contribution < 1.29 is 18.0 Å². The molecular formula is C17H14Cl2F3NO. The smallest absolute Gasteiger partial charge is 0.326 e. The van der Waals surface area contributed by atoms with Crippen LogP contribution in [0, 0.1) is 0 Å². The third kappa shape index (κ3) is 5.42. The minimum Gasteiger partial charge on any atom is -0.326 e. The van der Waals surface area contributed by atoms with Crippen molar-refractivity contribution in [1.82, 2.24) is 0 Å².